The highest BCUT2D eigenvalue weighted by Crippen LogP contribution is 2.41. The van der Waals surface area contributed by atoms with Crippen molar-refractivity contribution in [1.29, 1.82) is 0 Å². The zero-order valence-electron chi connectivity index (χ0n) is 11.5. The predicted octanol–water partition coefficient (Wildman–Crippen LogP) is 5.22. The molecule has 0 amide bonds. The molecule has 1 aliphatic rings. The van der Waals surface area contributed by atoms with E-state index in [0.29, 0.717) is 6.61 Å². The first-order valence-electron chi connectivity index (χ1n) is 6.72. The Kier molecular flexibility index (Phi) is 3.66. The summed E-state index contributed by atoms with van der Waals surface area (Å²) in [7, 11) is 0. The molecule has 1 heterocycles. The maximum atomic E-state index is 6.69. The smallest absolute Gasteiger partial charge is 0.127 e. The molecule has 1 nitrogen and oxygen atoms in total. The van der Waals surface area contributed by atoms with Crippen LogP contribution in [0, 0.1) is 13.8 Å². The van der Waals surface area contributed by atoms with Gasteiger partial charge in [-0.2, -0.15) is 0 Å². The lowest BCUT2D eigenvalue weighted by Crippen LogP contribution is -1.98. The third-order valence-electron chi connectivity index (χ3n) is 3.59. The van der Waals surface area contributed by atoms with Crippen LogP contribution in [0.4, 0.5) is 0 Å². The van der Waals surface area contributed by atoms with E-state index in [4.69, 9.17) is 27.9 Å². The molecule has 0 saturated heterocycles. The van der Waals surface area contributed by atoms with E-state index in [1.807, 2.05) is 12.1 Å². The molecule has 0 N–H and O–H groups in total. The summed E-state index contributed by atoms with van der Waals surface area (Å²) in [4.78, 5) is 0. The number of halogens is 2. The maximum absolute atomic E-state index is 6.69. The van der Waals surface area contributed by atoms with E-state index in [1.165, 1.54) is 11.1 Å². The first-order chi connectivity index (χ1) is 9.54. The Morgan fingerprint density at radius 3 is 2.45 bits per heavy atom. The van der Waals surface area contributed by atoms with Crippen molar-refractivity contribution < 1.29 is 4.74 Å². The fourth-order valence-electron chi connectivity index (χ4n) is 2.82. The van der Waals surface area contributed by atoms with Crippen LogP contribution in [0.5, 0.6) is 5.75 Å². The highest BCUT2D eigenvalue weighted by molar-refractivity contribution is 6.31. The first-order valence-corrected chi connectivity index (χ1v) is 7.53. The SMILES string of the molecule is Cc1cc(C)cc(C(Cl)c2cc(Cl)cc3c2OCC3)c1. The summed E-state index contributed by atoms with van der Waals surface area (Å²) >= 11 is 12.9. The van der Waals surface area contributed by atoms with Gasteiger partial charge in [-0.1, -0.05) is 40.9 Å². The van der Waals surface area contributed by atoms with Gasteiger partial charge in [0.25, 0.3) is 0 Å². The molecule has 1 aliphatic heterocycles. The number of hydrogen-bond donors (Lipinski definition) is 0. The van der Waals surface area contributed by atoms with E-state index < -0.39 is 0 Å². The van der Waals surface area contributed by atoms with Gasteiger partial charge in [0.2, 0.25) is 0 Å². The number of hydrogen-bond acceptors (Lipinski definition) is 1. The van der Waals surface area contributed by atoms with E-state index in [2.05, 4.69) is 32.0 Å². The van der Waals surface area contributed by atoms with Gasteiger partial charge in [0, 0.05) is 17.0 Å². The molecule has 3 rings (SSSR count). The topological polar surface area (TPSA) is 9.23 Å². The van der Waals surface area contributed by atoms with Gasteiger partial charge >= 0.3 is 0 Å². The van der Waals surface area contributed by atoms with Crippen LogP contribution < -0.4 is 4.74 Å². The lowest BCUT2D eigenvalue weighted by atomic mass is 9.98. The average Bonchev–Trinajstić information content (AvgIpc) is 2.83. The Bertz CT molecular complexity index is 644. The molecular formula is C17H16Cl2O. The molecule has 0 aliphatic carbocycles. The third kappa shape index (κ3) is 2.53. The Labute approximate surface area is 129 Å². The summed E-state index contributed by atoms with van der Waals surface area (Å²) in [6.45, 7) is 4.87. The van der Waals surface area contributed by atoms with E-state index in [1.54, 1.807) is 0 Å². The standard InChI is InChI=1S/C17H16Cl2O/c1-10-5-11(2)7-13(6-10)16(19)15-9-14(18)8-12-3-4-20-17(12)15/h5-9,16H,3-4H2,1-2H3. The molecule has 104 valence electrons. The maximum Gasteiger partial charge on any atom is 0.127 e. The van der Waals surface area contributed by atoms with Crippen molar-refractivity contribution in [1.82, 2.24) is 0 Å². The summed E-state index contributed by atoms with van der Waals surface area (Å²) in [5, 5.41) is 0.485. The fraction of sp³-hybridized carbons (Fsp3) is 0.294. The van der Waals surface area contributed by atoms with Gasteiger partial charge in [0.05, 0.1) is 12.0 Å². The summed E-state index contributed by atoms with van der Waals surface area (Å²) in [5.74, 6) is 0.911. The highest BCUT2D eigenvalue weighted by atomic mass is 35.5. The first kappa shape index (κ1) is 13.8. The van der Waals surface area contributed by atoms with Crippen LogP contribution in [0.2, 0.25) is 5.02 Å². The number of benzene rings is 2. The molecule has 2 aromatic rings. The minimum Gasteiger partial charge on any atom is -0.493 e. The zero-order chi connectivity index (χ0) is 14.3. The molecule has 0 radical (unpaired) electrons. The van der Waals surface area contributed by atoms with Crippen molar-refractivity contribution in [2.24, 2.45) is 0 Å². The quantitative estimate of drug-likeness (QED) is 0.691. The number of ether oxygens (including phenoxy) is 1. The number of aryl methyl sites for hydroxylation is 2. The molecule has 20 heavy (non-hydrogen) atoms. The van der Waals surface area contributed by atoms with Crippen molar-refractivity contribution in [3.05, 3.63) is 63.2 Å². The molecule has 1 atom stereocenters. The van der Waals surface area contributed by atoms with Crippen molar-refractivity contribution >= 4 is 23.2 Å². The number of fused-ring (bicyclic) bond motifs is 1. The van der Waals surface area contributed by atoms with E-state index in [9.17, 15) is 0 Å². The normalized spacial score (nSPS) is 14.8. The summed E-state index contributed by atoms with van der Waals surface area (Å²) in [5.41, 5.74) is 5.64. The van der Waals surface area contributed by atoms with Crippen molar-refractivity contribution in [2.75, 3.05) is 6.61 Å². The van der Waals surface area contributed by atoms with Crippen LogP contribution in [-0.4, -0.2) is 6.61 Å². The molecule has 0 aromatic heterocycles. The van der Waals surface area contributed by atoms with Gasteiger partial charge < -0.3 is 4.74 Å². The second-order valence-electron chi connectivity index (χ2n) is 5.37. The second-order valence-corrected chi connectivity index (χ2v) is 6.24. The largest absolute Gasteiger partial charge is 0.493 e. The Morgan fingerprint density at radius 2 is 1.75 bits per heavy atom. The van der Waals surface area contributed by atoms with Crippen LogP contribution in [-0.2, 0) is 6.42 Å². The van der Waals surface area contributed by atoms with Crippen LogP contribution in [0.3, 0.4) is 0 Å². The third-order valence-corrected chi connectivity index (χ3v) is 4.29. The van der Waals surface area contributed by atoms with Crippen molar-refractivity contribution in [3.8, 4) is 5.75 Å². The Hall–Kier alpha value is -1.18. The summed E-state index contributed by atoms with van der Waals surface area (Å²) in [6, 6.07) is 10.3. The van der Waals surface area contributed by atoms with Gasteiger partial charge in [-0.05, 0) is 37.1 Å². The molecule has 3 heteroatoms. The molecule has 2 aromatic carbocycles. The molecule has 0 saturated carbocycles. The summed E-state index contributed by atoms with van der Waals surface area (Å²) in [6.07, 6.45) is 0.902. The lowest BCUT2D eigenvalue weighted by Gasteiger charge is -2.16. The molecule has 0 spiro atoms. The van der Waals surface area contributed by atoms with Crippen LogP contribution in [0.1, 0.15) is 33.2 Å². The predicted molar refractivity (Wildman–Crippen MR) is 84.3 cm³/mol. The Balaban J connectivity index is 2.08. The van der Waals surface area contributed by atoms with Crippen LogP contribution in [0.15, 0.2) is 30.3 Å². The minimum absolute atomic E-state index is 0.237. The lowest BCUT2D eigenvalue weighted by molar-refractivity contribution is 0.353. The number of rotatable bonds is 2. The van der Waals surface area contributed by atoms with Crippen molar-refractivity contribution in [3.63, 3.8) is 0 Å². The molecule has 1 unspecified atom stereocenters. The average molecular weight is 307 g/mol. The van der Waals surface area contributed by atoms with Gasteiger partial charge in [-0.25, -0.2) is 0 Å². The number of alkyl halides is 1. The van der Waals surface area contributed by atoms with E-state index in [0.717, 1.165) is 33.9 Å². The fourth-order valence-corrected chi connectivity index (χ4v) is 3.36. The van der Waals surface area contributed by atoms with E-state index >= 15 is 0 Å². The zero-order valence-corrected chi connectivity index (χ0v) is 13.1. The van der Waals surface area contributed by atoms with E-state index in [-0.39, 0.29) is 5.38 Å². The van der Waals surface area contributed by atoms with Gasteiger partial charge in [-0.15, -0.1) is 11.6 Å². The highest BCUT2D eigenvalue weighted by Gasteiger charge is 2.23. The van der Waals surface area contributed by atoms with Gasteiger partial charge in [0.15, 0.2) is 0 Å². The molecular weight excluding hydrogens is 291 g/mol. The molecule has 0 fully saturated rings. The Morgan fingerprint density at radius 1 is 1.05 bits per heavy atom. The van der Waals surface area contributed by atoms with Crippen LogP contribution in [0.25, 0.3) is 0 Å². The van der Waals surface area contributed by atoms with Crippen LogP contribution >= 0.6 is 23.2 Å². The van der Waals surface area contributed by atoms with Crippen molar-refractivity contribution in [2.45, 2.75) is 25.6 Å². The minimum atomic E-state index is -0.237. The monoisotopic (exact) mass is 306 g/mol. The summed E-state index contributed by atoms with van der Waals surface area (Å²) < 4.78 is 5.74. The van der Waals surface area contributed by atoms with Gasteiger partial charge in [0.1, 0.15) is 5.75 Å². The second kappa shape index (κ2) is 5.31. The molecule has 0 bridgehead atoms. The van der Waals surface area contributed by atoms with Gasteiger partial charge in [-0.3, -0.25) is 0 Å².